The lowest BCUT2D eigenvalue weighted by Crippen LogP contribution is -2.11. The molecule has 0 saturated heterocycles. The molecule has 0 unspecified atom stereocenters. The largest absolute Gasteiger partial charge is 0.491 e. The number of ether oxygens (including phenoxy) is 1. The molecule has 1 aromatic rings. The predicted octanol–water partition coefficient (Wildman–Crippen LogP) is 4.89. The van der Waals surface area contributed by atoms with Gasteiger partial charge in [-0.05, 0) is 12.0 Å². The Kier molecular flexibility index (Phi) is 6.00. The highest BCUT2D eigenvalue weighted by Crippen LogP contribution is 2.30. The van der Waals surface area contributed by atoms with E-state index in [1.807, 2.05) is 18.2 Å². The van der Waals surface area contributed by atoms with E-state index in [9.17, 15) is 0 Å². The lowest BCUT2D eigenvalue weighted by molar-refractivity contribution is 0.239. The summed E-state index contributed by atoms with van der Waals surface area (Å²) < 4.78 is 5.79. The molecule has 0 fully saturated rings. The van der Waals surface area contributed by atoms with Gasteiger partial charge in [-0.15, -0.1) is 11.6 Å². The van der Waals surface area contributed by atoms with Crippen molar-refractivity contribution in [1.82, 2.24) is 0 Å². The zero-order chi connectivity index (χ0) is 12.0. The van der Waals surface area contributed by atoms with E-state index in [1.54, 1.807) is 0 Å². The molecule has 0 N–H and O–H groups in total. The molecule has 0 aromatic heterocycles. The van der Waals surface area contributed by atoms with E-state index >= 15 is 0 Å². The number of benzene rings is 1. The highest BCUT2D eigenvalue weighted by Gasteiger charge is 2.10. The molecule has 0 aliphatic rings. The maximum absolute atomic E-state index is 6.09. The van der Waals surface area contributed by atoms with Crippen molar-refractivity contribution in [1.29, 1.82) is 0 Å². The topological polar surface area (TPSA) is 9.23 Å². The van der Waals surface area contributed by atoms with Gasteiger partial charge in [0.1, 0.15) is 5.75 Å². The Morgan fingerprint density at radius 2 is 1.94 bits per heavy atom. The first-order chi connectivity index (χ1) is 7.72. The summed E-state index contributed by atoms with van der Waals surface area (Å²) in [6.45, 7) is 5.06. The number of alkyl halides is 1. The summed E-state index contributed by atoms with van der Waals surface area (Å²) >= 11 is 11.9. The minimum Gasteiger partial charge on any atom is -0.491 e. The second-order valence-electron chi connectivity index (χ2n) is 3.86. The van der Waals surface area contributed by atoms with Crippen LogP contribution in [0.2, 0.25) is 5.02 Å². The van der Waals surface area contributed by atoms with Crippen molar-refractivity contribution in [3.63, 3.8) is 0 Å². The van der Waals surface area contributed by atoms with Crippen molar-refractivity contribution in [3.8, 4) is 5.75 Å². The Bertz CT molecular complexity index is 322. The van der Waals surface area contributed by atoms with Gasteiger partial charge in [0, 0.05) is 5.56 Å². The molecule has 0 aliphatic heterocycles. The smallest absolute Gasteiger partial charge is 0.142 e. The van der Waals surface area contributed by atoms with E-state index in [1.165, 1.54) is 0 Å². The molecule has 1 aromatic carbocycles. The molecule has 0 radical (unpaired) electrons. The molecule has 0 atom stereocenters. The number of rotatable bonds is 6. The van der Waals surface area contributed by atoms with E-state index in [0.29, 0.717) is 23.4 Å². The molecule has 0 bridgehead atoms. The van der Waals surface area contributed by atoms with Crippen molar-refractivity contribution in [2.75, 3.05) is 6.61 Å². The third-order valence-electron chi connectivity index (χ3n) is 2.81. The van der Waals surface area contributed by atoms with Crippen LogP contribution in [-0.2, 0) is 5.88 Å². The van der Waals surface area contributed by atoms with Gasteiger partial charge in [0.15, 0.2) is 0 Å². The quantitative estimate of drug-likeness (QED) is 0.662. The Labute approximate surface area is 108 Å². The van der Waals surface area contributed by atoms with Gasteiger partial charge >= 0.3 is 0 Å². The second kappa shape index (κ2) is 7.03. The first-order valence-electron chi connectivity index (χ1n) is 5.69. The van der Waals surface area contributed by atoms with Gasteiger partial charge in [0.05, 0.1) is 17.5 Å². The third-order valence-corrected chi connectivity index (χ3v) is 3.40. The summed E-state index contributed by atoms with van der Waals surface area (Å²) in [5.41, 5.74) is 0.958. The van der Waals surface area contributed by atoms with Gasteiger partial charge in [-0.1, -0.05) is 50.4 Å². The summed E-state index contributed by atoms with van der Waals surface area (Å²) in [5, 5.41) is 0.643. The maximum atomic E-state index is 6.09. The highest BCUT2D eigenvalue weighted by molar-refractivity contribution is 6.32. The lowest BCUT2D eigenvalue weighted by atomic mass is 10.1. The molecule has 1 rings (SSSR count). The van der Waals surface area contributed by atoms with E-state index < -0.39 is 0 Å². The molecule has 1 nitrogen and oxygen atoms in total. The van der Waals surface area contributed by atoms with Crippen LogP contribution >= 0.6 is 23.2 Å². The van der Waals surface area contributed by atoms with Crippen LogP contribution in [-0.4, -0.2) is 6.61 Å². The van der Waals surface area contributed by atoms with Crippen molar-refractivity contribution in [2.24, 2.45) is 5.92 Å². The van der Waals surface area contributed by atoms with Crippen LogP contribution < -0.4 is 4.74 Å². The summed E-state index contributed by atoms with van der Waals surface area (Å²) in [7, 11) is 0. The predicted molar refractivity (Wildman–Crippen MR) is 70.6 cm³/mol. The van der Waals surface area contributed by atoms with Crippen LogP contribution in [0.1, 0.15) is 32.3 Å². The normalized spacial score (nSPS) is 10.8. The maximum Gasteiger partial charge on any atom is 0.142 e. The minimum atomic E-state index is 0.429. The fraction of sp³-hybridized carbons (Fsp3) is 0.538. The molecular weight excluding hydrogens is 243 g/mol. The number of para-hydroxylation sites is 1. The van der Waals surface area contributed by atoms with Gasteiger partial charge in [0.25, 0.3) is 0 Å². The molecule has 3 heteroatoms. The Hall–Kier alpha value is -0.400. The van der Waals surface area contributed by atoms with E-state index in [-0.39, 0.29) is 0 Å². The fourth-order valence-corrected chi connectivity index (χ4v) is 2.01. The monoisotopic (exact) mass is 260 g/mol. The zero-order valence-corrected chi connectivity index (χ0v) is 11.3. The van der Waals surface area contributed by atoms with Crippen molar-refractivity contribution < 1.29 is 4.74 Å². The first-order valence-corrected chi connectivity index (χ1v) is 6.60. The third kappa shape index (κ3) is 3.57. The number of hydrogen-bond acceptors (Lipinski definition) is 1. The van der Waals surface area contributed by atoms with Crippen LogP contribution in [0, 0.1) is 5.92 Å². The molecule has 0 amide bonds. The van der Waals surface area contributed by atoms with E-state index in [4.69, 9.17) is 27.9 Å². The average molecular weight is 261 g/mol. The van der Waals surface area contributed by atoms with Crippen LogP contribution in [0.3, 0.4) is 0 Å². The lowest BCUT2D eigenvalue weighted by Gasteiger charge is -2.16. The summed E-state index contributed by atoms with van der Waals surface area (Å²) in [6, 6.07) is 5.67. The summed E-state index contributed by atoms with van der Waals surface area (Å²) in [6.07, 6.45) is 2.24. The molecule has 0 saturated carbocycles. The van der Waals surface area contributed by atoms with Crippen LogP contribution in [0.15, 0.2) is 18.2 Å². The fourth-order valence-electron chi connectivity index (χ4n) is 1.55. The SMILES string of the molecule is CCC(CC)COc1c(Cl)cccc1CCl. The Morgan fingerprint density at radius 3 is 2.50 bits per heavy atom. The van der Waals surface area contributed by atoms with E-state index in [0.717, 1.165) is 24.2 Å². The zero-order valence-electron chi connectivity index (χ0n) is 9.80. The molecule has 0 aliphatic carbocycles. The van der Waals surface area contributed by atoms with Gasteiger partial charge in [-0.3, -0.25) is 0 Å². The Morgan fingerprint density at radius 1 is 1.25 bits per heavy atom. The van der Waals surface area contributed by atoms with Crippen LogP contribution in [0.25, 0.3) is 0 Å². The number of halogens is 2. The Balaban J connectivity index is 2.72. The van der Waals surface area contributed by atoms with Crippen molar-refractivity contribution in [3.05, 3.63) is 28.8 Å². The standard InChI is InChI=1S/C13H18Cl2O/c1-3-10(4-2)9-16-13-11(8-14)6-5-7-12(13)15/h5-7,10H,3-4,8-9H2,1-2H3. The molecule has 0 spiro atoms. The van der Waals surface area contributed by atoms with Crippen molar-refractivity contribution >= 4 is 23.2 Å². The van der Waals surface area contributed by atoms with Gasteiger partial charge in [-0.2, -0.15) is 0 Å². The molecular formula is C13H18Cl2O. The van der Waals surface area contributed by atoms with Gasteiger partial charge in [0.2, 0.25) is 0 Å². The van der Waals surface area contributed by atoms with Crippen LogP contribution in [0.4, 0.5) is 0 Å². The molecule has 90 valence electrons. The second-order valence-corrected chi connectivity index (χ2v) is 4.53. The molecule has 0 heterocycles. The molecule has 16 heavy (non-hydrogen) atoms. The van der Waals surface area contributed by atoms with Crippen molar-refractivity contribution in [2.45, 2.75) is 32.6 Å². The average Bonchev–Trinajstić information content (AvgIpc) is 2.31. The summed E-state index contributed by atoms with van der Waals surface area (Å²) in [5.74, 6) is 1.75. The van der Waals surface area contributed by atoms with Gasteiger partial charge in [-0.25, -0.2) is 0 Å². The van der Waals surface area contributed by atoms with Gasteiger partial charge < -0.3 is 4.74 Å². The highest BCUT2D eigenvalue weighted by atomic mass is 35.5. The van der Waals surface area contributed by atoms with E-state index in [2.05, 4.69) is 13.8 Å². The van der Waals surface area contributed by atoms with Crippen LogP contribution in [0.5, 0.6) is 5.75 Å². The number of hydrogen-bond donors (Lipinski definition) is 0. The summed E-state index contributed by atoms with van der Waals surface area (Å²) in [4.78, 5) is 0. The minimum absolute atomic E-state index is 0.429. The first kappa shape index (κ1) is 13.7.